The Balaban J connectivity index is 1.86. The number of ether oxygens (including phenoxy) is 1. The molecule has 0 aromatic heterocycles. The molecule has 0 spiro atoms. The van der Waals surface area contributed by atoms with E-state index in [2.05, 4.69) is 10.6 Å². The summed E-state index contributed by atoms with van der Waals surface area (Å²) < 4.78 is 31.9. The van der Waals surface area contributed by atoms with Crippen LogP contribution >= 0.6 is 0 Å². The number of para-hydroxylation sites is 1. The summed E-state index contributed by atoms with van der Waals surface area (Å²) >= 11 is 0. The van der Waals surface area contributed by atoms with Crippen LogP contribution in [0.1, 0.15) is 28.4 Å². The number of benzene rings is 2. The molecule has 2 amide bonds. The van der Waals surface area contributed by atoms with Gasteiger partial charge in [-0.2, -0.15) is 0 Å². The maximum absolute atomic E-state index is 13.6. The van der Waals surface area contributed by atoms with Crippen LogP contribution in [0.5, 0.6) is 5.75 Å². The smallest absolute Gasteiger partial charge is 0.254 e. The summed E-state index contributed by atoms with van der Waals surface area (Å²) in [5, 5.41) is 5.29. The Morgan fingerprint density at radius 1 is 1.10 bits per heavy atom. The third kappa shape index (κ3) is 6.25. The van der Waals surface area contributed by atoms with Crippen LogP contribution in [0, 0.1) is 11.6 Å². The van der Waals surface area contributed by atoms with Gasteiger partial charge in [0.25, 0.3) is 5.91 Å². The molecule has 2 rings (SSSR count). The Labute approximate surface area is 168 Å². The Hall–Kier alpha value is -3.00. The van der Waals surface area contributed by atoms with Crippen molar-refractivity contribution < 1.29 is 23.1 Å². The van der Waals surface area contributed by atoms with Gasteiger partial charge in [-0.1, -0.05) is 18.2 Å². The number of likely N-dealkylation sites (N-methyl/N-ethyl adjacent to an activating group) is 1. The molecule has 0 aliphatic heterocycles. The van der Waals surface area contributed by atoms with E-state index in [0.717, 1.165) is 23.4 Å². The third-order valence-electron chi connectivity index (χ3n) is 4.43. The highest BCUT2D eigenvalue weighted by atomic mass is 19.1. The maximum atomic E-state index is 13.6. The van der Waals surface area contributed by atoms with Gasteiger partial charge in [-0.15, -0.1) is 0 Å². The highest BCUT2D eigenvalue weighted by Gasteiger charge is 2.19. The van der Waals surface area contributed by atoms with Crippen LogP contribution in [0.15, 0.2) is 42.5 Å². The van der Waals surface area contributed by atoms with Crippen LogP contribution in [0.4, 0.5) is 8.78 Å². The molecular formula is C21H25F2N3O3. The molecule has 156 valence electrons. The monoisotopic (exact) mass is 405 g/mol. The summed E-state index contributed by atoms with van der Waals surface area (Å²) in [7, 11) is 5.40. The lowest BCUT2D eigenvalue weighted by Gasteiger charge is -2.26. The number of hydrogen-bond donors (Lipinski definition) is 2. The van der Waals surface area contributed by atoms with Gasteiger partial charge in [0, 0.05) is 31.1 Å². The van der Waals surface area contributed by atoms with Crippen molar-refractivity contribution in [2.45, 2.75) is 12.5 Å². The molecule has 1 unspecified atom stereocenters. The fourth-order valence-corrected chi connectivity index (χ4v) is 2.87. The number of hydrogen-bond acceptors (Lipinski definition) is 4. The zero-order chi connectivity index (χ0) is 21.4. The molecule has 0 saturated heterocycles. The predicted molar refractivity (Wildman–Crippen MR) is 106 cm³/mol. The zero-order valence-corrected chi connectivity index (χ0v) is 16.7. The predicted octanol–water partition coefficient (Wildman–Crippen LogP) is 2.51. The fraction of sp³-hybridized carbons (Fsp3) is 0.333. The second-order valence-corrected chi connectivity index (χ2v) is 6.66. The first-order valence-electron chi connectivity index (χ1n) is 9.12. The fourth-order valence-electron chi connectivity index (χ4n) is 2.87. The Morgan fingerprint density at radius 2 is 1.83 bits per heavy atom. The molecule has 0 fully saturated rings. The number of carbonyl (C=O) groups is 2. The molecule has 2 N–H and O–H groups in total. The molecule has 1 atom stereocenters. The van der Waals surface area contributed by atoms with Gasteiger partial charge >= 0.3 is 0 Å². The average Bonchev–Trinajstić information content (AvgIpc) is 2.68. The lowest BCUT2D eigenvalue weighted by Crippen LogP contribution is -2.36. The zero-order valence-electron chi connectivity index (χ0n) is 16.7. The van der Waals surface area contributed by atoms with Crippen LogP contribution in [0.25, 0.3) is 0 Å². The first kappa shape index (κ1) is 22.3. The van der Waals surface area contributed by atoms with Crippen molar-refractivity contribution in [1.29, 1.82) is 0 Å². The van der Waals surface area contributed by atoms with Crippen molar-refractivity contribution in [3.05, 3.63) is 65.2 Å². The average molecular weight is 405 g/mol. The highest BCUT2D eigenvalue weighted by Crippen LogP contribution is 2.27. The second kappa shape index (κ2) is 10.5. The van der Waals surface area contributed by atoms with Gasteiger partial charge in [-0.25, -0.2) is 8.78 Å². The van der Waals surface area contributed by atoms with Crippen molar-refractivity contribution in [2.24, 2.45) is 0 Å². The number of amides is 2. The van der Waals surface area contributed by atoms with Crippen molar-refractivity contribution in [1.82, 2.24) is 15.5 Å². The molecule has 2 aromatic carbocycles. The minimum Gasteiger partial charge on any atom is -0.496 e. The van der Waals surface area contributed by atoms with Gasteiger partial charge in [0.05, 0.1) is 18.7 Å². The first-order chi connectivity index (χ1) is 13.8. The van der Waals surface area contributed by atoms with E-state index < -0.39 is 17.5 Å². The molecule has 0 bridgehead atoms. The number of nitrogens with zero attached hydrogens (tertiary/aromatic N) is 1. The minimum absolute atomic E-state index is 0.0284. The van der Waals surface area contributed by atoms with E-state index in [0.29, 0.717) is 12.6 Å². The van der Waals surface area contributed by atoms with E-state index in [1.165, 1.54) is 0 Å². The summed E-state index contributed by atoms with van der Waals surface area (Å²) in [6.07, 6.45) is 0.0284. The summed E-state index contributed by atoms with van der Waals surface area (Å²) in [6.45, 7) is 0.384. The van der Waals surface area contributed by atoms with E-state index in [9.17, 15) is 18.4 Å². The Kier molecular flexibility index (Phi) is 8.09. The molecule has 0 radical (unpaired) electrons. The van der Waals surface area contributed by atoms with Crippen molar-refractivity contribution in [3.8, 4) is 5.75 Å². The Bertz CT molecular complexity index is 859. The van der Waals surface area contributed by atoms with Crippen LogP contribution in [0.3, 0.4) is 0 Å². The standard InChI is InChI=1S/C21H25F2N3O3/c1-26(2)18(16-6-4-5-7-19(16)29-3)13-25-20(27)10-11-24-21(28)15-9-8-14(22)12-17(15)23/h4-9,12,18H,10-11,13H2,1-3H3,(H,24,28)(H,25,27). The summed E-state index contributed by atoms with van der Waals surface area (Å²) in [4.78, 5) is 26.1. The topological polar surface area (TPSA) is 70.7 Å². The van der Waals surface area contributed by atoms with Crippen LogP contribution in [-0.4, -0.2) is 51.0 Å². The molecule has 8 heteroatoms. The maximum Gasteiger partial charge on any atom is 0.254 e. The number of methoxy groups -OCH3 is 1. The number of nitrogens with one attached hydrogen (secondary N) is 2. The SMILES string of the molecule is COc1ccccc1C(CNC(=O)CCNC(=O)c1ccc(F)cc1F)N(C)C. The number of carbonyl (C=O) groups excluding carboxylic acids is 2. The van der Waals surface area contributed by atoms with Crippen LogP contribution in [0.2, 0.25) is 0 Å². The normalized spacial score (nSPS) is 11.8. The van der Waals surface area contributed by atoms with E-state index in [4.69, 9.17) is 4.74 Å². The van der Waals surface area contributed by atoms with Crippen LogP contribution < -0.4 is 15.4 Å². The third-order valence-corrected chi connectivity index (χ3v) is 4.43. The summed E-state index contributed by atoms with van der Waals surface area (Å²) in [5.74, 6) is -1.93. The van der Waals surface area contributed by atoms with Gasteiger partial charge in [-0.3, -0.25) is 9.59 Å². The molecule has 0 saturated carbocycles. The quantitative estimate of drug-likeness (QED) is 0.673. The van der Waals surface area contributed by atoms with Gasteiger partial charge in [0.15, 0.2) is 0 Å². The lowest BCUT2D eigenvalue weighted by molar-refractivity contribution is -0.121. The minimum atomic E-state index is -0.947. The van der Waals surface area contributed by atoms with E-state index >= 15 is 0 Å². The van der Waals surface area contributed by atoms with E-state index in [1.807, 2.05) is 43.3 Å². The molecule has 6 nitrogen and oxygen atoms in total. The molecule has 0 aliphatic rings. The van der Waals surface area contributed by atoms with Gasteiger partial charge in [0.2, 0.25) is 5.91 Å². The molecule has 29 heavy (non-hydrogen) atoms. The molecule has 0 aliphatic carbocycles. The van der Waals surface area contributed by atoms with E-state index in [-0.39, 0.29) is 30.5 Å². The van der Waals surface area contributed by atoms with Gasteiger partial charge < -0.3 is 20.3 Å². The largest absolute Gasteiger partial charge is 0.496 e. The number of rotatable bonds is 9. The second-order valence-electron chi connectivity index (χ2n) is 6.66. The molecule has 2 aromatic rings. The van der Waals surface area contributed by atoms with Crippen molar-refractivity contribution in [2.75, 3.05) is 34.3 Å². The highest BCUT2D eigenvalue weighted by molar-refractivity contribution is 5.94. The van der Waals surface area contributed by atoms with Crippen molar-refractivity contribution in [3.63, 3.8) is 0 Å². The first-order valence-corrected chi connectivity index (χ1v) is 9.12. The summed E-state index contributed by atoms with van der Waals surface area (Å²) in [5.41, 5.74) is 0.677. The van der Waals surface area contributed by atoms with Crippen LogP contribution in [-0.2, 0) is 4.79 Å². The molecule has 0 heterocycles. The Morgan fingerprint density at radius 3 is 2.48 bits per heavy atom. The van der Waals surface area contributed by atoms with E-state index in [1.54, 1.807) is 7.11 Å². The van der Waals surface area contributed by atoms with Gasteiger partial charge in [0.1, 0.15) is 17.4 Å². The van der Waals surface area contributed by atoms with Gasteiger partial charge in [-0.05, 0) is 32.3 Å². The lowest BCUT2D eigenvalue weighted by atomic mass is 10.0. The molecular weight excluding hydrogens is 380 g/mol. The number of halogens is 2. The van der Waals surface area contributed by atoms with Crippen molar-refractivity contribution >= 4 is 11.8 Å². The summed E-state index contributed by atoms with van der Waals surface area (Å²) in [6, 6.07) is 10.2.